The third kappa shape index (κ3) is 13.3. The first kappa shape index (κ1) is 60.6. The second-order valence-electron chi connectivity index (χ2n) is 23.0. The molecule has 12 aromatic carbocycles. The summed E-state index contributed by atoms with van der Waals surface area (Å²) in [6.45, 7) is 0. The van der Waals surface area contributed by atoms with Gasteiger partial charge in [-0.3, -0.25) is 14.7 Å². The number of benzene rings is 12. The molecule has 97 heavy (non-hydrogen) atoms. The van der Waals surface area contributed by atoms with Gasteiger partial charge in [-0.15, -0.1) is 0 Å². The monoisotopic (exact) mass is 1270 g/mol. The molecule has 9 nitrogen and oxygen atoms in total. The van der Waals surface area contributed by atoms with Crippen LogP contribution >= 0.6 is 7.92 Å². The van der Waals surface area contributed by atoms with E-state index < -0.39 is 7.92 Å². The molecule has 0 saturated heterocycles. The van der Waals surface area contributed by atoms with Gasteiger partial charge >= 0.3 is 0 Å². The molecule has 0 aliphatic carbocycles. The molecule has 0 fully saturated rings. The quantitative estimate of drug-likeness (QED) is 0.0655. The van der Waals surface area contributed by atoms with Crippen molar-refractivity contribution in [2.75, 3.05) is 29.4 Å². The summed E-state index contributed by atoms with van der Waals surface area (Å²) in [4.78, 5) is 30.9. The van der Waals surface area contributed by atoms with Gasteiger partial charge in [-0.25, -0.2) is 15.0 Å². The standard InChI is InChI=1S/C87H66N9P/c1-10-31-67(32-11-1)91(68-33-12-2-13-34-68)76-55-61-79(62-56-76)94(73-43-22-7-23-44-73)82-49-28-52-85(88-82)97(86-53-29-50-83(89-86)95(74-45-24-8-25-46-74)80-63-57-77(58-64-80)92(69-35-14-3-15-36-69)70-37-16-4-17-38-70)87-54-30-51-84(90-87)96(75-47-26-9-27-48-75)81-65-59-78(60-66-81)93(71-39-18-5-19-40-71)72-41-20-6-21-42-72/h1-66H. The zero-order chi connectivity index (χ0) is 65.0. The molecule has 0 saturated carbocycles. The van der Waals surface area contributed by atoms with Crippen molar-refractivity contribution >= 4 is 127 Å². The molecular formula is C87H66N9P. The third-order valence-corrected chi connectivity index (χ3v) is 18.9. The van der Waals surface area contributed by atoms with Gasteiger partial charge in [-0.1, -0.05) is 182 Å². The molecule has 15 rings (SSSR count). The van der Waals surface area contributed by atoms with Gasteiger partial charge in [-0.05, 0) is 218 Å². The first-order chi connectivity index (χ1) is 48.1. The number of anilines is 18. The minimum Gasteiger partial charge on any atom is -0.311 e. The van der Waals surface area contributed by atoms with Crippen LogP contribution in [0.15, 0.2) is 400 Å². The highest BCUT2D eigenvalue weighted by molar-refractivity contribution is 7.79. The van der Waals surface area contributed by atoms with E-state index in [0.717, 1.165) is 119 Å². The molecule has 0 N–H and O–H groups in total. The molecule has 3 aromatic heterocycles. The Morgan fingerprint density at radius 3 is 0.454 bits per heavy atom. The largest absolute Gasteiger partial charge is 0.311 e. The summed E-state index contributed by atoms with van der Waals surface area (Å²) in [5.41, 5.74) is 17.7. The second kappa shape index (κ2) is 28.7. The van der Waals surface area contributed by atoms with Crippen molar-refractivity contribution in [3.05, 3.63) is 400 Å². The zero-order valence-electron chi connectivity index (χ0n) is 53.1. The van der Waals surface area contributed by atoms with Crippen molar-refractivity contribution in [1.82, 2.24) is 15.0 Å². The molecule has 0 spiro atoms. The fourth-order valence-corrected chi connectivity index (χ4v) is 14.4. The van der Waals surface area contributed by atoms with Gasteiger partial charge in [0.05, 0.1) is 16.3 Å². The summed E-state index contributed by atoms with van der Waals surface area (Å²) in [5, 5.41) is 0. The van der Waals surface area contributed by atoms with Crippen LogP contribution in [0.4, 0.5) is 103 Å². The Morgan fingerprint density at radius 1 is 0.134 bits per heavy atom. The van der Waals surface area contributed by atoms with E-state index in [9.17, 15) is 0 Å². The normalized spacial score (nSPS) is 11.0. The van der Waals surface area contributed by atoms with E-state index in [1.807, 2.05) is 0 Å². The maximum atomic E-state index is 5.79. The van der Waals surface area contributed by atoms with Crippen LogP contribution in [0.3, 0.4) is 0 Å². The molecule has 0 radical (unpaired) electrons. The summed E-state index contributed by atoms with van der Waals surface area (Å²) in [5.74, 6) is 2.24. The second-order valence-corrected chi connectivity index (χ2v) is 25.0. The number of pyridine rings is 3. The minimum absolute atomic E-state index is 0.747. The average Bonchev–Trinajstić information content (AvgIpc) is 0.835. The third-order valence-electron chi connectivity index (χ3n) is 16.8. The summed E-state index contributed by atoms with van der Waals surface area (Å²) in [6, 6.07) is 140. The molecular weight excluding hydrogens is 1200 g/mol. The van der Waals surface area contributed by atoms with Crippen molar-refractivity contribution in [2.24, 2.45) is 0 Å². The Hall–Kier alpha value is -12.7. The number of aromatic nitrogens is 3. The van der Waals surface area contributed by atoms with Gasteiger partial charge in [0.2, 0.25) is 0 Å². The van der Waals surface area contributed by atoms with Crippen LogP contribution in [0.5, 0.6) is 0 Å². The Balaban J connectivity index is 0.865. The zero-order valence-corrected chi connectivity index (χ0v) is 54.0. The van der Waals surface area contributed by atoms with Crippen LogP contribution < -0.4 is 45.7 Å². The summed E-state index contributed by atoms with van der Waals surface area (Å²) < 4.78 is 0. The predicted octanol–water partition coefficient (Wildman–Crippen LogP) is 22.4. The van der Waals surface area contributed by atoms with E-state index in [1.54, 1.807) is 0 Å². The van der Waals surface area contributed by atoms with Crippen LogP contribution in [-0.4, -0.2) is 15.0 Å². The van der Waals surface area contributed by atoms with Gasteiger partial charge in [0, 0.05) is 93.2 Å². The number of hydrogen-bond donors (Lipinski definition) is 0. The van der Waals surface area contributed by atoms with Crippen molar-refractivity contribution in [2.45, 2.75) is 0 Å². The molecule has 0 aliphatic heterocycles. The van der Waals surface area contributed by atoms with Crippen LogP contribution in [0, 0.1) is 0 Å². The minimum atomic E-state index is -1.61. The summed E-state index contributed by atoms with van der Waals surface area (Å²) in [6.07, 6.45) is 0. The van der Waals surface area contributed by atoms with E-state index >= 15 is 0 Å². The van der Waals surface area contributed by atoms with E-state index in [0.29, 0.717) is 0 Å². The average molecular weight is 1270 g/mol. The van der Waals surface area contributed by atoms with E-state index in [1.165, 1.54) is 0 Å². The van der Waals surface area contributed by atoms with Crippen LogP contribution in [0.1, 0.15) is 0 Å². The topological polar surface area (TPSA) is 58.1 Å². The molecule has 3 heterocycles. The Labute approximate surface area is 568 Å². The Morgan fingerprint density at radius 2 is 0.278 bits per heavy atom. The Kier molecular flexibility index (Phi) is 17.9. The van der Waals surface area contributed by atoms with E-state index in [2.05, 4.69) is 430 Å². The highest BCUT2D eigenvalue weighted by Gasteiger charge is 2.28. The van der Waals surface area contributed by atoms with Crippen LogP contribution in [0.2, 0.25) is 0 Å². The van der Waals surface area contributed by atoms with Crippen LogP contribution in [0.25, 0.3) is 0 Å². The highest BCUT2D eigenvalue weighted by atomic mass is 31.1. The molecule has 0 bridgehead atoms. The summed E-state index contributed by atoms with van der Waals surface area (Å²) >= 11 is 0. The molecule has 15 aromatic rings. The molecule has 0 amide bonds. The number of rotatable bonds is 21. The lowest BCUT2D eigenvalue weighted by atomic mass is 10.1. The fraction of sp³-hybridized carbons (Fsp3) is 0. The summed E-state index contributed by atoms with van der Waals surface area (Å²) in [7, 11) is -1.61. The van der Waals surface area contributed by atoms with Crippen molar-refractivity contribution in [3.8, 4) is 0 Å². The molecule has 0 atom stereocenters. The molecule has 464 valence electrons. The fourth-order valence-electron chi connectivity index (χ4n) is 12.4. The molecule has 0 unspecified atom stereocenters. The van der Waals surface area contributed by atoms with Crippen molar-refractivity contribution < 1.29 is 0 Å². The number of para-hydroxylation sites is 9. The van der Waals surface area contributed by atoms with Gasteiger partial charge in [-0.2, -0.15) is 0 Å². The number of nitrogens with zero attached hydrogens (tertiary/aromatic N) is 9. The van der Waals surface area contributed by atoms with E-state index in [4.69, 9.17) is 15.0 Å². The van der Waals surface area contributed by atoms with Crippen LogP contribution in [-0.2, 0) is 0 Å². The maximum Gasteiger partial charge on any atom is 0.138 e. The lowest BCUT2D eigenvalue weighted by molar-refractivity contribution is 1.18. The highest BCUT2D eigenvalue weighted by Crippen LogP contribution is 2.44. The first-order valence-corrected chi connectivity index (χ1v) is 33.8. The maximum absolute atomic E-state index is 5.79. The van der Waals surface area contributed by atoms with Gasteiger partial charge in [0.25, 0.3) is 0 Å². The van der Waals surface area contributed by atoms with E-state index in [-0.39, 0.29) is 0 Å². The molecule has 10 heteroatoms. The van der Waals surface area contributed by atoms with Gasteiger partial charge in [0.15, 0.2) is 0 Å². The van der Waals surface area contributed by atoms with Crippen molar-refractivity contribution in [3.63, 3.8) is 0 Å². The van der Waals surface area contributed by atoms with Crippen molar-refractivity contribution in [1.29, 1.82) is 0 Å². The lowest BCUT2D eigenvalue weighted by Crippen LogP contribution is -2.29. The first-order valence-electron chi connectivity index (χ1n) is 32.4. The van der Waals surface area contributed by atoms with Gasteiger partial charge in [0.1, 0.15) is 17.5 Å². The van der Waals surface area contributed by atoms with Gasteiger partial charge < -0.3 is 14.7 Å². The predicted molar refractivity (Wildman–Crippen MR) is 407 cm³/mol. The lowest BCUT2D eigenvalue weighted by Gasteiger charge is -2.29. The Bertz CT molecular complexity index is 4350. The number of hydrogen-bond acceptors (Lipinski definition) is 9. The molecule has 0 aliphatic rings. The SMILES string of the molecule is c1ccc(N(c2ccccc2)c2ccc(N(c3ccccc3)c3cccc(P(c4cccc(N(c5ccccc5)c5ccc(N(c6ccccc6)c6ccccc6)cc5)n4)c4cccc(N(c5ccccc5)c5ccc(N(c6ccccc6)c6ccccc6)cc5)n4)n3)cc2)cc1. The smallest absolute Gasteiger partial charge is 0.138 e.